The van der Waals surface area contributed by atoms with Crippen LogP contribution in [0.3, 0.4) is 0 Å². The number of thiocarbonyl (C=S) groups is 1. The Balaban J connectivity index is 1.68. The van der Waals surface area contributed by atoms with E-state index in [2.05, 4.69) is 85.2 Å². The van der Waals surface area contributed by atoms with Gasteiger partial charge in [-0.15, -0.1) is 0 Å². The fourth-order valence-corrected chi connectivity index (χ4v) is 5.07. The van der Waals surface area contributed by atoms with Crippen LogP contribution >= 0.6 is 39.7 Å². The number of aromatic nitrogens is 2. The Morgan fingerprint density at radius 2 is 1.76 bits per heavy atom. The van der Waals surface area contributed by atoms with Gasteiger partial charge >= 0.3 is 0 Å². The van der Waals surface area contributed by atoms with E-state index in [1.165, 1.54) is 0 Å². The number of anilines is 1. The first-order valence-electron chi connectivity index (χ1n) is 10.6. The predicted molar refractivity (Wildman–Crippen MR) is 142 cm³/mol. The molecule has 0 radical (unpaired) electrons. The molecule has 1 fully saturated rings. The molecule has 33 heavy (non-hydrogen) atoms. The van der Waals surface area contributed by atoms with Gasteiger partial charge in [-0.3, -0.25) is 4.98 Å². The van der Waals surface area contributed by atoms with E-state index < -0.39 is 0 Å². The molecule has 2 aromatic heterocycles. The van der Waals surface area contributed by atoms with Crippen LogP contribution in [0, 0.1) is 13.8 Å². The van der Waals surface area contributed by atoms with Crippen molar-refractivity contribution in [3.63, 3.8) is 0 Å². The Hall–Kier alpha value is -2.67. The van der Waals surface area contributed by atoms with Crippen LogP contribution in [-0.4, -0.2) is 14.7 Å². The predicted octanol–water partition coefficient (Wildman–Crippen LogP) is 7.08. The molecule has 0 unspecified atom stereocenters. The fraction of sp³-hybridized carbons (Fsp3) is 0.154. The molecule has 2 atom stereocenters. The molecule has 1 aliphatic rings. The van der Waals surface area contributed by atoms with Gasteiger partial charge in [0.2, 0.25) is 0 Å². The van der Waals surface area contributed by atoms with Crippen molar-refractivity contribution in [1.82, 2.24) is 14.9 Å². The summed E-state index contributed by atoms with van der Waals surface area (Å²) in [6, 6.07) is 22.4. The minimum absolute atomic E-state index is 0.0982. The largest absolute Gasteiger partial charge is 0.351 e. The normalized spacial score (nSPS) is 17.9. The van der Waals surface area contributed by atoms with Gasteiger partial charge in [0, 0.05) is 39.0 Å². The van der Waals surface area contributed by atoms with E-state index in [9.17, 15) is 0 Å². The minimum atomic E-state index is -0.107. The Kier molecular flexibility index (Phi) is 5.99. The average molecular weight is 538 g/mol. The summed E-state index contributed by atoms with van der Waals surface area (Å²) in [6.07, 6.45) is 3.91. The Labute approximate surface area is 212 Å². The van der Waals surface area contributed by atoms with Crippen molar-refractivity contribution in [2.75, 3.05) is 4.90 Å². The maximum Gasteiger partial charge on any atom is 0.174 e. The van der Waals surface area contributed by atoms with Crippen molar-refractivity contribution < 1.29 is 0 Å². The third-order valence-electron chi connectivity index (χ3n) is 6.02. The SMILES string of the molecule is Cc1cc(-n2cccc2[C@@H]2[C@@H](c3ccccn3)NC(=S)N2c2ccc(Br)c(C)c2)ccc1Cl. The first-order valence-corrected chi connectivity index (χ1v) is 12.2. The number of hydrogen-bond acceptors (Lipinski definition) is 2. The van der Waals surface area contributed by atoms with Crippen LogP contribution in [0.2, 0.25) is 5.02 Å². The van der Waals surface area contributed by atoms with Crippen molar-refractivity contribution in [2.45, 2.75) is 25.9 Å². The zero-order valence-electron chi connectivity index (χ0n) is 18.2. The number of rotatable bonds is 4. The molecule has 2 aromatic carbocycles. The maximum absolute atomic E-state index is 6.31. The first kappa shape index (κ1) is 22.1. The van der Waals surface area contributed by atoms with Crippen molar-refractivity contribution in [2.24, 2.45) is 0 Å². The number of halogens is 2. The van der Waals surface area contributed by atoms with Crippen molar-refractivity contribution in [1.29, 1.82) is 0 Å². The Morgan fingerprint density at radius 3 is 2.48 bits per heavy atom. The summed E-state index contributed by atoms with van der Waals surface area (Å²) < 4.78 is 3.28. The Bertz CT molecular complexity index is 1340. The monoisotopic (exact) mass is 536 g/mol. The van der Waals surface area contributed by atoms with Gasteiger partial charge in [0.1, 0.15) is 6.04 Å². The molecule has 0 bridgehead atoms. The summed E-state index contributed by atoms with van der Waals surface area (Å²) >= 11 is 15.8. The second-order valence-corrected chi connectivity index (χ2v) is 9.81. The number of aryl methyl sites for hydroxylation is 2. The molecule has 1 N–H and O–H groups in total. The van der Waals surface area contributed by atoms with Crippen LogP contribution < -0.4 is 10.2 Å². The van der Waals surface area contributed by atoms with Crippen molar-refractivity contribution in [3.05, 3.63) is 111 Å². The van der Waals surface area contributed by atoms with Crippen LogP contribution in [0.5, 0.6) is 0 Å². The van der Waals surface area contributed by atoms with Gasteiger partial charge in [-0.05, 0) is 97.9 Å². The molecular weight excluding hydrogens is 516 g/mol. The summed E-state index contributed by atoms with van der Waals surface area (Å²) in [7, 11) is 0. The van der Waals surface area contributed by atoms with Crippen LogP contribution in [-0.2, 0) is 0 Å². The highest BCUT2D eigenvalue weighted by Gasteiger charge is 2.42. The number of nitrogens with zero attached hydrogens (tertiary/aromatic N) is 3. The van der Waals surface area contributed by atoms with Gasteiger partial charge in [0.05, 0.1) is 11.7 Å². The maximum atomic E-state index is 6.31. The quantitative estimate of drug-likeness (QED) is 0.282. The Morgan fingerprint density at radius 1 is 0.970 bits per heavy atom. The minimum Gasteiger partial charge on any atom is -0.351 e. The second-order valence-electron chi connectivity index (χ2n) is 8.17. The van der Waals surface area contributed by atoms with E-state index in [0.29, 0.717) is 5.11 Å². The highest BCUT2D eigenvalue weighted by molar-refractivity contribution is 9.10. The van der Waals surface area contributed by atoms with Gasteiger partial charge in [-0.25, -0.2) is 0 Å². The third-order valence-corrected chi connectivity index (χ3v) is 7.65. The zero-order chi connectivity index (χ0) is 23.1. The summed E-state index contributed by atoms with van der Waals surface area (Å²) in [5.41, 5.74) is 6.34. The van der Waals surface area contributed by atoms with Crippen molar-refractivity contribution >= 4 is 50.5 Å². The highest BCUT2D eigenvalue weighted by Crippen LogP contribution is 2.43. The fourth-order valence-electron chi connectivity index (χ4n) is 4.36. The third kappa shape index (κ3) is 4.07. The van der Waals surface area contributed by atoms with E-state index >= 15 is 0 Å². The van der Waals surface area contributed by atoms with Gasteiger partial charge in [0.25, 0.3) is 0 Å². The molecule has 1 aliphatic heterocycles. The molecular formula is C26H22BrClN4S. The summed E-state index contributed by atoms with van der Waals surface area (Å²) in [5.74, 6) is 0. The first-order chi connectivity index (χ1) is 15.9. The van der Waals surface area contributed by atoms with E-state index in [1.54, 1.807) is 0 Å². The number of hydrogen-bond donors (Lipinski definition) is 1. The summed E-state index contributed by atoms with van der Waals surface area (Å²) in [6.45, 7) is 4.11. The molecule has 1 saturated heterocycles. The number of nitrogens with one attached hydrogen (secondary N) is 1. The van der Waals surface area contributed by atoms with E-state index in [4.69, 9.17) is 23.8 Å². The van der Waals surface area contributed by atoms with Gasteiger partial charge in [-0.1, -0.05) is 33.6 Å². The van der Waals surface area contributed by atoms with Crippen LogP contribution in [0.25, 0.3) is 5.69 Å². The van der Waals surface area contributed by atoms with E-state index in [0.717, 1.165) is 43.4 Å². The molecule has 4 nitrogen and oxygen atoms in total. The lowest BCUT2D eigenvalue weighted by atomic mass is 10.0. The topological polar surface area (TPSA) is 33.1 Å². The molecule has 166 valence electrons. The highest BCUT2D eigenvalue weighted by atomic mass is 79.9. The molecule has 3 heterocycles. The molecule has 7 heteroatoms. The lowest BCUT2D eigenvalue weighted by Crippen LogP contribution is -2.30. The van der Waals surface area contributed by atoms with Crippen LogP contribution in [0.1, 0.15) is 34.6 Å². The number of pyridine rings is 1. The molecule has 5 rings (SSSR count). The average Bonchev–Trinajstić information content (AvgIpc) is 3.42. The molecule has 0 saturated carbocycles. The lowest BCUT2D eigenvalue weighted by Gasteiger charge is -2.29. The zero-order valence-corrected chi connectivity index (χ0v) is 21.3. The number of benzene rings is 2. The second kappa shape index (κ2) is 8.93. The van der Waals surface area contributed by atoms with E-state index in [-0.39, 0.29) is 12.1 Å². The molecule has 0 aliphatic carbocycles. The lowest BCUT2D eigenvalue weighted by molar-refractivity contribution is 0.549. The van der Waals surface area contributed by atoms with Crippen LogP contribution in [0.4, 0.5) is 5.69 Å². The van der Waals surface area contributed by atoms with Gasteiger partial charge in [-0.2, -0.15) is 0 Å². The molecule has 0 spiro atoms. The standard InChI is InChI=1S/C26H22BrClN4S/c1-16-14-19(8-10-20(16)27)32-25(24(30-26(32)33)22-6-3-4-12-29-22)23-7-5-13-31(23)18-9-11-21(28)17(2)15-18/h3-15,24-25H,1-2H3,(H,30,33)/t24-,25-/m1/s1. The summed E-state index contributed by atoms with van der Waals surface area (Å²) in [4.78, 5) is 6.86. The van der Waals surface area contributed by atoms with Crippen molar-refractivity contribution in [3.8, 4) is 5.69 Å². The van der Waals surface area contributed by atoms with Gasteiger partial charge in [0.15, 0.2) is 5.11 Å². The van der Waals surface area contributed by atoms with Crippen LogP contribution in [0.15, 0.2) is 83.6 Å². The molecule has 0 amide bonds. The van der Waals surface area contributed by atoms with Gasteiger partial charge < -0.3 is 14.8 Å². The summed E-state index contributed by atoms with van der Waals surface area (Å²) in [5, 5.41) is 4.98. The van der Waals surface area contributed by atoms with E-state index in [1.807, 2.05) is 43.5 Å². The molecule has 4 aromatic rings. The smallest absolute Gasteiger partial charge is 0.174 e.